The van der Waals surface area contributed by atoms with Gasteiger partial charge in [0.2, 0.25) is 0 Å². The molecule has 1 atom stereocenters. The number of carbonyl (C=O) groups is 1. The molecule has 0 radical (unpaired) electrons. The molecule has 0 amide bonds. The van der Waals surface area contributed by atoms with E-state index in [9.17, 15) is 4.79 Å². The normalized spacial score (nSPS) is 14.6. The first-order valence-corrected chi connectivity index (χ1v) is 8.53. The molecule has 2 N–H and O–H groups in total. The van der Waals surface area contributed by atoms with E-state index < -0.39 is 0 Å². The second-order valence-corrected chi connectivity index (χ2v) is 6.11. The zero-order valence-corrected chi connectivity index (χ0v) is 14.6. The van der Waals surface area contributed by atoms with E-state index in [1.165, 1.54) is 0 Å². The lowest BCUT2D eigenvalue weighted by atomic mass is 10.0. The third-order valence-corrected chi connectivity index (χ3v) is 4.14. The second-order valence-electron chi connectivity index (χ2n) is 5.67. The Morgan fingerprint density at radius 2 is 2.04 bits per heavy atom. The van der Waals surface area contributed by atoms with Crippen LogP contribution in [-0.4, -0.2) is 30.4 Å². The zero-order valence-electron chi connectivity index (χ0n) is 13.9. The predicted molar refractivity (Wildman–Crippen MR) is 102 cm³/mol. The van der Waals surface area contributed by atoms with Crippen molar-refractivity contribution >= 4 is 35.1 Å². The van der Waals surface area contributed by atoms with Gasteiger partial charge in [0.15, 0.2) is 0 Å². The van der Waals surface area contributed by atoms with Crippen molar-refractivity contribution in [1.82, 2.24) is 10.9 Å². The molecule has 5 nitrogen and oxygen atoms in total. The van der Waals surface area contributed by atoms with Gasteiger partial charge in [0.05, 0.1) is 24.0 Å². The summed E-state index contributed by atoms with van der Waals surface area (Å²) < 4.78 is 0. The van der Waals surface area contributed by atoms with E-state index >= 15 is 0 Å². The molecule has 25 heavy (non-hydrogen) atoms. The Bertz CT molecular complexity index is 817. The highest BCUT2D eigenvalue weighted by Gasteiger charge is 2.17. The molecule has 0 spiro atoms. The van der Waals surface area contributed by atoms with Crippen molar-refractivity contribution < 1.29 is 4.79 Å². The highest BCUT2D eigenvalue weighted by atomic mass is 35.5. The van der Waals surface area contributed by atoms with Crippen LogP contribution in [0.4, 0.5) is 5.69 Å². The van der Waals surface area contributed by atoms with Crippen LogP contribution in [-0.2, 0) is 4.79 Å². The topological polar surface area (TPSA) is 65.8 Å². The third kappa shape index (κ3) is 4.13. The standard InChI is InChI=1S/C19H19ClN4O/c1-2-15(12-25)23-24-18-11-21-19(13-6-4-3-5-7-13)16-10-14(20)8-9-17(16)22-18/h3-10,12,15,23H,2,11H2,1H3,(H,22,24). The van der Waals surface area contributed by atoms with Gasteiger partial charge in [-0.25, -0.2) is 10.4 Å². The Morgan fingerprint density at radius 3 is 2.76 bits per heavy atom. The maximum Gasteiger partial charge on any atom is 0.138 e. The molecule has 1 unspecified atom stereocenters. The summed E-state index contributed by atoms with van der Waals surface area (Å²) in [7, 11) is 0. The highest BCUT2D eigenvalue weighted by Crippen LogP contribution is 2.28. The van der Waals surface area contributed by atoms with Crippen molar-refractivity contribution in [2.75, 3.05) is 6.54 Å². The van der Waals surface area contributed by atoms with Gasteiger partial charge in [0, 0.05) is 16.1 Å². The number of halogens is 1. The Morgan fingerprint density at radius 1 is 1.24 bits per heavy atom. The number of fused-ring (bicyclic) bond motifs is 1. The number of nitrogens with zero attached hydrogens (tertiary/aromatic N) is 2. The molecule has 0 fully saturated rings. The first kappa shape index (κ1) is 17.3. The monoisotopic (exact) mass is 354 g/mol. The maximum absolute atomic E-state index is 11.0. The molecule has 6 heteroatoms. The van der Waals surface area contributed by atoms with Crippen LogP contribution in [0, 0.1) is 0 Å². The van der Waals surface area contributed by atoms with E-state index in [1.54, 1.807) is 0 Å². The molecule has 1 aliphatic heterocycles. The average Bonchev–Trinajstić information content (AvgIpc) is 2.82. The number of nitrogens with one attached hydrogen (secondary N) is 2. The minimum atomic E-state index is -0.270. The van der Waals surface area contributed by atoms with E-state index in [4.69, 9.17) is 16.6 Å². The van der Waals surface area contributed by atoms with Gasteiger partial charge in [-0.2, -0.15) is 0 Å². The molecule has 0 saturated carbocycles. The molecule has 0 aromatic heterocycles. The van der Waals surface area contributed by atoms with Gasteiger partial charge < -0.3 is 10.2 Å². The van der Waals surface area contributed by atoms with Gasteiger partial charge in [-0.3, -0.25) is 4.99 Å². The maximum atomic E-state index is 11.0. The molecule has 128 valence electrons. The second kappa shape index (κ2) is 8.05. The Balaban J connectivity index is 1.95. The number of hydrazine groups is 1. The van der Waals surface area contributed by atoms with Crippen molar-refractivity contribution in [3.63, 3.8) is 0 Å². The van der Waals surface area contributed by atoms with E-state index in [0.29, 0.717) is 23.8 Å². The van der Waals surface area contributed by atoms with E-state index in [0.717, 1.165) is 28.8 Å². The first-order valence-electron chi connectivity index (χ1n) is 8.15. The van der Waals surface area contributed by atoms with E-state index in [-0.39, 0.29) is 6.04 Å². The van der Waals surface area contributed by atoms with Gasteiger partial charge >= 0.3 is 0 Å². The predicted octanol–water partition coefficient (Wildman–Crippen LogP) is 3.29. The van der Waals surface area contributed by atoms with E-state index in [1.807, 2.05) is 55.5 Å². The zero-order chi connectivity index (χ0) is 17.6. The summed E-state index contributed by atoms with van der Waals surface area (Å²) in [5, 5.41) is 0.638. The van der Waals surface area contributed by atoms with Crippen molar-refractivity contribution in [3.8, 4) is 0 Å². The van der Waals surface area contributed by atoms with Crippen LogP contribution in [0.2, 0.25) is 5.02 Å². The van der Waals surface area contributed by atoms with E-state index in [2.05, 4.69) is 15.8 Å². The summed E-state index contributed by atoms with van der Waals surface area (Å²) in [4.78, 5) is 20.3. The number of carbonyl (C=O) groups excluding carboxylic acids is 1. The van der Waals surface area contributed by atoms with Crippen LogP contribution in [0.15, 0.2) is 58.5 Å². The fourth-order valence-electron chi connectivity index (χ4n) is 2.53. The highest BCUT2D eigenvalue weighted by molar-refractivity contribution is 6.31. The van der Waals surface area contributed by atoms with Crippen LogP contribution in [0.25, 0.3) is 0 Å². The Labute approximate surface area is 151 Å². The molecular formula is C19H19ClN4O. The quantitative estimate of drug-likeness (QED) is 0.639. The van der Waals surface area contributed by atoms with Gasteiger partial charge in [-0.1, -0.05) is 48.9 Å². The van der Waals surface area contributed by atoms with Crippen LogP contribution in [0.1, 0.15) is 24.5 Å². The first-order chi connectivity index (χ1) is 12.2. The Kier molecular flexibility index (Phi) is 5.58. The SMILES string of the molecule is CCC(C=O)NNC1=Nc2ccc(Cl)cc2C(c2ccccc2)=NC1. The molecule has 1 heterocycles. The molecule has 1 aliphatic rings. The number of amidine groups is 1. The average molecular weight is 355 g/mol. The fraction of sp³-hybridized carbons (Fsp3) is 0.211. The lowest BCUT2D eigenvalue weighted by molar-refractivity contribution is -0.109. The van der Waals surface area contributed by atoms with Crippen molar-refractivity contribution in [2.24, 2.45) is 9.98 Å². The molecule has 0 saturated heterocycles. The number of hydrogen-bond donors (Lipinski definition) is 2. The third-order valence-electron chi connectivity index (χ3n) is 3.91. The summed E-state index contributed by atoms with van der Waals surface area (Å²) >= 11 is 6.19. The molecule has 0 aliphatic carbocycles. The Hall–Kier alpha value is -2.50. The molecule has 2 aromatic carbocycles. The summed E-state index contributed by atoms with van der Waals surface area (Å²) in [6, 6.07) is 15.2. The van der Waals surface area contributed by atoms with Gasteiger partial charge in [0.1, 0.15) is 12.1 Å². The number of aliphatic imine (C=N–C) groups is 2. The van der Waals surface area contributed by atoms with Gasteiger partial charge in [-0.15, -0.1) is 0 Å². The van der Waals surface area contributed by atoms with Crippen molar-refractivity contribution in [1.29, 1.82) is 0 Å². The van der Waals surface area contributed by atoms with Crippen molar-refractivity contribution in [2.45, 2.75) is 19.4 Å². The van der Waals surface area contributed by atoms with Crippen LogP contribution in [0.3, 0.4) is 0 Å². The lowest BCUT2D eigenvalue weighted by Crippen LogP contribution is -2.45. The summed E-state index contributed by atoms with van der Waals surface area (Å²) in [6.45, 7) is 2.31. The van der Waals surface area contributed by atoms with Crippen LogP contribution < -0.4 is 10.9 Å². The largest absolute Gasteiger partial charge is 0.307 e. The van der Waals surface area contributed by atoms with Gasteiger partial charge in [0.25, 0.3) is 0 Å². The molecule has 2 aromatic rings. The van der Waals surface area contributed by atoms with Crippen LogP contribution in [0.5, 0.6) is 0 Å². The lowest BCUT2D eigenvalue weighted by Gasteiger charge is -2.13. The number of benzene rings is 2. The molecule has 0 bridgehead atoms. The number of aldehydes is 1. The molecule has 3 rings (SSSR count). The molecular weight excluding hydrogens is 336 g/mol. The minimum Gasteiger partial charge on any atom is -0.307 e. The summed E-state index contributed by atoms with van der Waals surface area (Å²) in [6.07, 6.45) is 1.56. The number of hydrogen-bond acceptors (Lipinski definition) is 5. The van der Waals surface area contributed by atoms with Gasteiger partial charge in [-0.05, 0) is 24.6 Å². The minimum absolute atomic E-state index is 0.270. The fourth-order valence-corrected chi connectivity index (χ4v) is 2.71. The smallest absolute Gasteiger partial charge is 0.138 e. The van der Waals surface area contributed by atoms with Crippen LogP contribution >= 0.6 is 11.6 Å². The summed E-state index contributed by atoms with van der Waals surface area (Å²) in [5.74, 6) is 0.648. The number of rotatable bonds is 5. The van der Waals surface area contributed by atoms with Crippen molar-refractivity contribution in [3.05, 3.63) is 64.7 Å². The summed E-state index contributed by atoms with van der Waals surface area (Å²) in [5.41, 5.74) is 9.52.